The summed E-state index contributed by atoms with van der Waals surface area (Å²) in [6, 6.07) is 7.51. The third-order valence-electron chi connectivity index (χ3n) is 2.99. The van der Waals surface area contributed by atoms with E-state index in [-0.39, 0.29) is 24.0 Å². The normalized spacial score (nSPS) is 13.7. The van der Waals surface area contributed by atoms with Crippen LogP contribution in [-0.4, -0.2) is 22.9 Å². The number of nitrogens with one attached hydrogen (secondary N) is 1. The standard InChI is InChI=1S/C15H21NO3/c1-10(15(19)9-11(2)17)8-13-4-6-14(7-5-13)16-12(3)18/h4-7,10,15,19H,8-9H2,1-3H3,(H,16,18). The van der Waals surface area contributed by atoms with Crippen molar-refractivity contribution in [3.8, 4) is 0 Å². The van der Waals surface area contributed by atoms with E-state index in [1.165, 1.54) is 13.8 Å². The van der Waals surface area contributed by atoms with Crippen molar-refractivity contribution in [2.45, 2.75) is 39.7 Å². The Bertz CT molecular complexity index is 439. The molecule has 104 valence electrons. The summed E-state index contributed by atoms with van der Waals surface area (Å²) in [5.41, 5.74) is 1.83. The molecule has 0 aliphatic rings. The van der Waals surface area contributed by atoms with Gasteiger partial charge in [0.1, 0.15) is 5.78 Å². The van der Waals surface area contributed by atoms with Crippen LogP contribution in [0.3, 0.4) is 0 Å². The smallest absolute Gasteiger partial charge is 0.221 e. The molecule has 0 aliphatic heterocycles. The molecule has 1 amide bonds. The highest BCUT2D eigenvalue weighted by Gasteiger charge is 2.16. The molecule has 0 saturated heterocycles. The Balaban J connectivity index is 2.57. The number of anilines is 1. The summed E-state index contributed by atoms with van der Waals surface area (Å²) in [4.78, 5) is 21.8. The maximum Gasteiger partial charge on any atom is 0.221 e. The van der Waals surface area contributed by atoms with Crippen LogP contribution in [-0.2, 0) is 16.0 Å². The molecule has 1 aromatic rings. The Morgan fingerprint density at radius 1 is 1.21 bits per heavy atom. The van der Waals surface area contributed by atoms with E-state index in [0.717, 1.165) is 11.3 Å². The number of amides is 1. The fourth-order valence-electron chi connectivity index (χ4n) is 1.93. The number of hydrogen-bond acceptors (Lipinski definition) is 3. The molecule has 0 fully saturated rings. The Kier molecular flexibility index (Phi) is 5.70. The minimum absolute atomic E-state index is 0.000330. The molecule has 0 aliphatic carbocycles. The molecule has 0 saturated carbocycles. The molecule has 1 rings (SSSR count). The van der Waals surface area contributed by atoms with Gasteiger partial charge in [0.25, 0.3) is 0 Å². The van der Waals surface area contributed by atoms with Crippen LogP contribution in [0.5, 0.6) is 0 Å². The van der Waals surface area contributed by atoms with Crippen molar-refractivity contribution in [2.24, 2.45) is 5.92 Å². The van der Waals surface area contributed by atoms with Crippen LogP contribution in [0.1, 0.15) is 32.8 Å². The van der Waals surface area contributed by atoms with E-state index in [4.69, 9.17) is 0 Å². The number of ketones is 1. The summed E-state index contributed by atoms with van der Waals surface area (Å²) >= 11 is 0. The van der Waals surface area contributed by atoms with Gasteiger partial charge in [-0.2, -0.15) is 0 Å². The van der Waals surface area contributed by atoms with E-state index in [9.17, 15) is 14.7 Å². The van der Waals surface area contributed by atoms with Crippen molar-refractivity contribution < 1.29 is 14.7 Å². The number of Topliss-reactive ketones (excluding diaryl/α,β-unsaturated/α-hetero) is 1. The van der Waals surface area contributed by atoms with Crippen LogP contribution in [0.15, 0.2) is 24.3 Å². The van der Waals surface area contributed by atoms with E-state index in [1.807, 2.05) is 31.2 Å². The van der Waals surface area contributed by atoms with Gasteiger partial charge in [-0.05, 0) is 37.0 Å². The molecule has 4 heteroatoms. The summed E-state index contributed by atoms with van der Waals surface area (Å²) in [5, 5.41) is 12.5. The van der Waals surface area contributed by atoms with Crippen LogP contribution in [0.25, 0.3) is 0 Å². The zero-order valence-electron chi connectivity index (χ0n) is 11.6. The van der Waals surface area contributed by atoms with Crippen molar-refractivity contribution in [3.63, 3.8) is 0 Å². The molecule has 2 atom stereocenters. The lowest BCUT2D eigenvalue weighted by atomic mass is 9.93. The molecule has 2 N–H and O–H groups in total. The van der Waals surface area contributed by atoms with Gasteiger partial charge < -0.3 is 10.4 Å². The number of aliphatic hydroxyl groups is 1. The minimum atomic E-state index is -0.604. The molecular weight excluding hydrogens is 242 g/mol. The SMILES string of the molecule is CC(=O)CC(O)C(C)Cc1ccc(NC(C)=O)cc1. The van der Waals surface area contributed by atoms with Crippen LogP contribution in [0.4, 0.5) is 5.69 Å². The number of rotatable bonds is 6. The zero-order valence-corrected chi connectivity index (χ0v) is 11.6. The number of carbonyl (C=O) groups excluding carboxylic acids is 2. The van der Waals surface area contributed by atoms with Gasteiger partial charge in [0.2, 0.25) is 5.91 Å². The lowest BCUT2D eigenvalue weighted by Crippen LogP contribution is -2.22. The minimum Gasteiger partial charge on any atom is -0.392 e. The van der Waals surface area contributed by atoms with Crippen molar-refractivity contribution in [3.05, 3.63) is 29.8 Å². The zero-order chi connectivity index (χ0) is 14.4. The maximum absolute atomic E-state index is 11.0. The quantitative estimate of drug-likeness (QED) is 0.826. The highest BCUT2D eigenvalue weighted by Crippen LogP contribution is 2.17. The van der Waals surface area contributed by atoms with E-state index in [1.54, 1.807) is 0 Å². The number of hydrogen-bond donors (Lipinski definition) is 2. The summed E-state index contributed by atoms with van der Waals surface area (Å²) in [5.74, 6) is -0.0751. The first-order valence-electron chi connectivity index (χ1n) is 6.42. The van der Waals surface area contributed by atoms with Gasteiger partial charge in [0.15, 0.2) is 0 Å². The monoisotopic (exact) mass is 263 g/mol. The van der Waals surface area contributed by atoms with Crippen LogP contribution in [0.2, 0.25) is 0 Å². The summed E-state index contributed by atoms with van der Waals surface area (Å²) in [7, 11) is 0. The maximum atomic E-state index is 11.0. The van der Waals surface area contributed by atoms with Crippen molar-refractivity contribution >= 4 is 17.4 Å². The van der Waals surface area contributed by atoms with Crippen molar-refractivity contribution in [1.29, 1.82) is 0 Å². The van der Waals surface area contributed by atoms with Crippen LogP contribution >= 0.6 is 0 Å². The second-order valence-electron chi connectivity index (χ2n) is 5.03. The Hall–Kier alpha value is -1.68. The average Bonchev–Trinajstić information content (AvgIpc) is 2.30. The molecule has 19 heavy (non-hydrogen) atoms. The molecule has 2 unspecified atom stereocenters. The van der Waals surface area contributed by atoms with Gasteiger partial charge in [-0.25, -0.2) is 0 Å². The van der Waals surface area contributed by atoms with Gasteiger partial charge in [0, 0.05) is 19.0 Å². The number of aliphatic hydroxyl groups excluding tert-OH is 1. The largest absolute Gasteiger partial charge is 0.392 e. The number of carbonyl (C=O) groups is 2. The Morgan fingerprint density at radius 3 is 2.26 bits per heavy atom. The van der Waals surface area contributed by atoms with Gasteiger partial charge >= 0.3 is 0 Å². The molecular formula is C15H21NO3. The second-order valence-corrected chi connectivity index (χ2v) is 5.03. The molecule has 0 bridgehead atoms. The van der Waals surface area contributed by atoms with E-state index in [0.29, 0.717) is 6.42 Å². The average molecular weight is 263 g/mol. The Morgan fingerprint density at radius 2 is 1.79 bits per heavy atom. The lowest BCUT2D eigenvalue weighted by molar-refractivity contribution is -0.119. The summed E-state index contributed by atoms with van der Waals surface area (Å²) in [6.45, 7) is 4.88. The fraction of sp³-hybridized carbons (Fsp3) is 0.467. The van der Waals surface area contributed by atoms with E-state index in [2.05, 4.69) is 5.32 Å². The summed E-state index contributed by atoms with van der Waals surface area (Å²) < 4.78 is 0. The molecule has 0 aromatic heterocycles. The van der Waals surface area contributed by atoms with Gasteiger partial charge in [-0.15, -0.1) is 0 Å². The molecule has 0 spiro atoms. The van der Waals surface area contributed by atoms with Crippen LogP contribution < -0.4 is 5.32 Å². The fourth-order valence-corrected chi connectivity index (χ4v) is 1.93. The molecule has 0 heterocycles. The van der Waals surface area contributed by atoms with Crippen LogP contribution in [0, 0.1) is 5.92 Å². The van der Waals surface area contributed by atoms with Gasteiger partial charge in [-0.3, -0.25) is 9.59 Å². The topological polar surface area (TPSA) is 66.4 Å². The number of benzene rings is 1. The second kappa shape index (κ2) is 7.04. The van der Waals surface area contributed by atoms with E-state index < -0.39 is 6.10 Å². The molecule has 0 radical (unpaired) electrons. The highest BCUT2D eigenvalue weighted by atomic mass is 16.3. The summed E-state index contributed by atoms with van der Waals surface area (Å²) in [6.07, 6.45) is 0.299. The Labute approximate surface area is 113 Å². The third kappa shape index (κ3) is 5.66. The predicted molar refractivity (Wildman–Crippen MR) is 74.9 cm³/mol. The molecule has 1 aromatic carbocycles. The first kappa shape index (κ1) is 15.4. The third-order valence-corrected chi connectivity index (χ3v) is 2.99. The predicted octanol–water partition coefficient (Wildman–Crippen LogP) is 2.16. The van der Waals surface area contributed by atoms with Crippen molar-refractivity contribution in [1.82, 2.24) is 0 Å². The van der Waals surface area contributed by atoms with E-state index >= 15 is 0 Å². The first-order chi connectivity index (χ1) is 8.88. The first-order valence-corrected chi connectivity index (χ1v) is 6.42. The molecule has 4 nitrogen and oxygen atoms in total. The highest BCUT2D eigenvalue weighted by molar-refractivity contribution is 5.88. The van der Waals surface area contributed by atoms with Gasteiger partial charge in [-0.1, -0.05) is 19.1 Å². The van der Waals surface area contributed by atoms with Crippen molar-refractivity contribution in [2.75, 3.05) is 5.32 Å². The van der Waals surface area contributed by atoms with Gasteiger partial charge in [0.05, 0.1) is 6.10 Å². The lowest BCUT2D eigenvalue weighted by Gasteiger charge is -2.17.